The molecule has 1 aliphatic heterocycles. The molecule has 5 nitrogen and oxygen atoms in total. The highest BCUT2D eigenvalue weighted by Crippen LogP contribution is 2.47. The average molecular weight is 361 g/mol. The minimum Gasteiger partial charge on any atom is -0.274 e. The molecule has 6 heteroatoms. The molecule has 25 heavy (non-hydrogen) atoms. The number of benzene rings is 1. The van der Waals surface area contributed by atoms with Crippen molar-refractivity contribution in [2.75, 3.05) is 6.54 Å². The molecule has 1 heterocycles. The van der Waals surface area contributed by atoms with Crippen LogP contribution in [0.1, 0.15) is 37.7 Å². The first kappa shape index (κ1) is 16.6. The van der Waals surface area contributed by atoms with E-state index in [9.17, 15) is 14.4 Å². The summed E-state index contributed by atoms with van der Waals surface area (Å²) >= 11 is 5.88. The van der Waals surface area contributed by atoms with Crippen LogP contribution in [0.4, 0.5) is 4.79 Å². The van der Waals surface area contributed by atoms with Gasteiger partial charge in [0.1, 0.15) is 6.42 Å². The van der Waals surface area contributed by atoms with Gasteiger partial charge in [-0.1, -0.05) is 30.2 Å². The van der Waals surface area contributed by atoms with Crippen molar-refractivity contribution in [3.63, 3.8) is 0 Å². The van der Waals surface area contributed by atoms with Gasteiger partial charge < -0.3 is 0 Å². The molecule has 1 aromatic rings. The molecule has 0 aromatic heterocycles. The first-order valence-corrected chi connectivity index (χ1v) is 9.31. The quantitative estimate of drug-likeness (QED) is 0.774. The van der Waals surface area contributed by atoms with Gasteiger partial charge in [0, 0.05) is 17.6 Å². The topological polar surface area (TPSA) is 57.7 Å². The van der Waals surface area contributed by atoms with E-state index in [1.54, 1.807) is 12.1 Å². The highest BCUT2D eigenvalue weighted by atomic mass is 35.5. The molecule has 0 unspecified atom stereocenters. The molecule has 3 fully saturated rings. The van der Waals surface area contributed by atoms with Crippen molar-refractivity contribution in [1.29, 1.82) is 0 Å². The lowest BCUT2D eigenvalue weighted by molar-refractivity contribution is -0.144. The zero-order valence-corrected chi connectivity index (χ0v) is 14.7. The normalized spacial score (nSPS) is 29.0. The van der Waals surface area contributed by atoms with E-state index in [1.807, 2.05) is 12.1 Å². The minimum atomic E-state index is -0.423. The van der Waals surface area contributed by atoms with E-state index in [0.717, 1.165) is 24.8 Å². The summed E-state index contributed by atoms with van der Waals surface area (Å²) in [4.78, 5) is 40.1. The maximum atomic E-state index is 12.9. The van der Waals surface area contributed by atoms with Gasteiger partial charge in [-0.15, -0.1) is 0 Å². The van der Waals surface area contributed by atoms with Gasteiger partial charge in [-0.05, 0) is 55.2 Å². The van der Waals surface area contributed by atoms with Crippen LogP contribution in [0.5, 0.6) is 0 Å². The van der Waals surface area contributed by atoms with E-state index in [2.05, 4.69) is 0 Å². The Balaban J connectivity index is 1.47. The Kier molecular flexibility index (Phi) is 4.28. The van der Waals surface area contributed by atoms with Crippen LogP contribution in [0.15, 0.2) is 24.3 Å². The van der Waals surface area contributed by atoms with Crippen LogP contribution in [0, 0.1) is 11.8 Å². The molecule has 3 atom stereocenters. The van der Waals surface area contributed by atoms with Gasteiger partial charge in [-0.2, -0.15) is 0 Å². The Morgan fingerprint density at radius 1 is 1.00 bits per heavy atom. The maximum Gasteiger partial charge on any atom is 0.333 e. The van der Waals surface area contributed by atoms with Gasteiger partial charge in [0.2, 0.25) is 11.8 Å². The lowest BCUT2D eigenvalue weighted by Gasteiger charge is -2.39. The number of nitrogens with zero attached hydrogens (tertiary/aromatic N) is 2. The van der Waals surface area contributed by atoms with E-state index in [1.165, 1.54) is 16.2 Å². The molecule has 4 amide bonds. The number of halogens is 1. The third kappa shape index (κ3) is 3.06. The number of carbonyl (C=O) groups excluding carboxylic acids is 3. The van der Waals surface area contributed by atoms with E-state index >= 15 is 0 Å². The van der Waals surface area contributed by atoms with E-state index in [-0.39, 0.29) is 24.3 Å². The molecule has 132 valence electrons. The van der Waals surface area contributed by atoms with Gasteiger partial charge in [-0.3, -0.25) is 19.4 Å². The van der Waals surface area contributed by atoms with Crippen molar-refractivity contribution in [2.24, 2.45) is 11.8 Å². The molecule has 0 radical (unpaired) electrons. The fourth-order valence-corrected chi connectivity index (χ4v) is 4.75. The summed E-state index contributed by atoms with van der Waals surface area (Å²) in [6.07, 6.45) is 4.68. The number of hydrogen-bond acceptors (Lipinski definition) is 3. The second-order valence-electron chi connectivity index (χ2n) is 7.39. The third-order valence-electron chi connectivity index (χ3n) is 5.88. The predicted octanol–water partition coefficient (Wildman–Crippen LogP) is 3.25. The Morgan fingerprint density at radius 2 is 1.76 bits per heavy atom. The fraction of sp³-hybridized carbons (Fsp3) is 0.526. The zero-order valence-electron chi connectivity index (χ0n) is 14.0. The van der Waals surface area contributed by atoms with Crippen LogP contribution in [-0.2, 0) is 16.0 Å². The smallest absolute Gasteiger partial charge is 0.274 e. The number of barbiturate groups is 1. The molecule has 0 N–H and O–H groups in total. The Labute approximate surface area is 151 Å². The molecule has 1 aromatic carbocycles. The molecule has 2 saturated carbocycles. The Bertz CT molecular complexity index is 718. The largest absolute Gasteiger partial charge is 0.333 e. The van der Waals surface area contributed by atoms with Crippen LogP contribution in [0.25, 0.3) is 0 Å². The second kappa shape index (κ2) is 6.45. The van der Waals surface area contributed by atoms with Crippen molar-refractivity contribution in [3.8, 4) is 0 Å². The van der Waals surface area contributed by atoms with Gasteiger partial charge in [0.15, 0.2) is 0 Å². The summed E-state index contributed by atoms with van der Waals surface area (Å²) < 4.78 is 0. The molecule has 1 saturated heterocycles. The summed E-state index contributed by atoms with van der Waals surface area (Å²) in [6, 6.07) is 6.93. The van der Waals surface area contributed by atoms with E-state index < -0.39 is 6.03 Å². The third-order valence-corrected chi connectivity index (χ3v) is 6.13. The molecule has 2 bridgehead atoms. The van der Waals surface area contributed by atoms with Crippen molar-refractivity contribution in [3.05, 3.63) is 34.9 Å². The number of imide groups is 2. The van der Waals surface area contributed by atoms with E-state index in [4.69, 9.17) is 11.6 Å². The van der Waals surface area contributed by atoms with Crippen LogP contribution in [0.3, 0.4) is 0 Å². The summed E-state index contributed by atoms with van der Waals surface area (Å²) in [5.41, 5.74) is 1.01. The van der Waals surface area contributed by atoms with Gasteiger partial charge >= 0.3 is 6.03 Å². The predicted molar refractivity (Wildman–Crippen MR) is 93.0 cm³/mol. The van der Waals surface area contributed by atoms with Crippen LogP contribution in [-0.4, -0.2) is 40.2 Å². The van der Waals surface area contributed by atoms with Gasteiger partial charge in [0.05, 0.1) is 0 Å². The van der Waals surface area contributed by atoms with Crippen molar-refractivity contribution in [1.82, 2.24) is 9.80 Å². The lowest BCUT2D eigenvalue weighted by Crippen LogP contribution is -2.59. The van der Waals surface area contributed by atoms with Gasteiger partial charge in [0.25, 0.3) is 0 Å². The highest BCUT2D eigenvalue weighted by molar-refractivity contribution is 6.30. The molecule has 4 rings (SSSR count). The molecular formula is C19H21ClN2O3. The van der Waals surface area contributed by atoms with Crippen LogP contribution >= 0.6 is 11.6 Å². The number of rotatable bonds is 4. The van der Waals surface area contributed by atoms with Crippen molar-refractivity contribution in [2.45, 2.75) is 44.6 Å². The average Bonchev–Trinajstić information content (AvgIpc) is 3.19. The van der Waals surface area contributed by atoms with Crippen LogP contribution in [0.2, 0.25) is 5.02 Å². The minimum absolute atomic E-state index is 0.00937. The van der Waals surface area contributed by atoms with Crippen molar-refractivity contribution < 1.29 is 14.4 Å². The first-order valence-electron chi connectivity index (χ1n) is 8.94. The maximum absolute atomic E-state index is 12.9. The number of urea groups is 1. The molecule has 2 aliphatic carbocycles. The standard InChI is InChI=1S/C19H21ClN2O3/c20-15-5-2-12(3-6-15)7-8-21-17(23)11-18(24)22(19(21)25)16-10-13-1-4-14(16)9-13/h2-3,5-6,13-14,16H,1,4,7-11H2/t13-,14+,16-/m1/s1. The molecule has 0 spiro atoms. The van der Waals surface area contributed by atoms with E-state index in [0.29, 0.717) is 29.8 Å². The zero-order chi connectivity index (χ0) is 17.6. The summed E-state index contributed by atoms with van der Waals surface area (Å²) in [5, 5.41) is 0.655. The second-order valence-corrected chi connectivity index (χ2v) is 7.82. The molecular weight excluding hydrogens is 340 g/mol. The fourth-order valence-electron chi connectivity index (χ4n) is 4.62. The lowest BCUT2D eigenvalue weighted by atomic mass is 9.93. The highest BCUT2D eigenvalue weighted by Gasteiger charge is 2.49. The first-order chi connectivity index (χ1) is 12.0. The Hall–Kier alpha value is -1.88. The SMILES string of the molecule is O=C1CC(=O)N([C@@H]2C[C@@H]3CC[C@H]2C3)C(=O)N1CCc1ccc(Cl)cc1. The summed E-state index contributed by atoms with van der Waals surface area (Å²) in [7, 11) is 0. The number of carbonyl (C=O) groups is 3. The number of amides is 4. The van der Waals surface area contributed by atoms with Crippen molar-refractivity contribution >= 4 is 29.4 Å². The summed E-state index contributed by atoms with van der Waals surface area (Å²) in [5.74, 6) is 0.346. The monoisotopic (exact) mass is 360 g/mol. The van der Waals surface area contributed by atoms with Gasteiger partial charge in [-0.25, -0.2) is 4.79 Å². The molecule has 3 aliphatic rings. The Morgan fingerprint density at radius 3 is 2.40 bits per heavy atom. The van der Waals surface area contributed by atoms with Crippen LogP contribution < -0.4 is 0 Å². The summed E-state index contributed by atoms with van der Waals surface area (Å²) in [6.45, 7) is 0.296. The number of hydrogen-bond donors (Lipinski definition) is 0. The number of fused-ring (bicyclic) bond motifs is 2.